The number of nitrogens with one attached hydrogen (secondary N) is 1. The van der Waals surface area contributed by atoms with E-state index in [-0.39, 0.29) is 10.0 Å². The Bertz CT molecular complexity index is 1440. The summed E-state index contributed by atoms with van der Waals surface area (Å²) in [5.74, 6) is 0.194. The van der Waals surface area contributed by atoms with Gasteiger partial charge in [-0.15, -0.1) is 10.2 Å². The number of methoxy groups -OCH3 is 1. The molecule has 0 saturated carbocycles. The van der Waals surface area contributed by atoms with Crippen LogP contribution < -0.4 is 14.4 Å². The van der Waals surface area contributed by atoms with E-state index in [0.29, 0.717) is 10.7 Å². The van der Waals surface area contributed by atoms with Crippen molar-refractivity contribution in [1.29, 1.82) is 0 Å². The molecule has 1 amide bonds. The van der Waals surface area contributed by atoms with Gasteiger partial charge in [0.1, 0.15) is 17.3 Å². The summed E-state index contributed by atoms with van der Waals surface area (Å²) in [7, 11) is -2.40. The van der Waals surface area contributed by atoms with Crippen molar-refractivity contribution in [3.63, 3.8) is 0 Å². The van der Waals surface area contributed by atoms with Gasteiger partial charge >= 0.3 is 0 Å². The fourth-order valence-corrected chi connectivity index (χ4v) is 5.79. The summed E-state index contributed by atoms with van der Waals surface area (Å²) in [6.45, 7) is 3.33. The fourth-order valence-electron chi connectivity index (χ4n) is 3.52. The summed E-state index contributed by atoms with van der Waals surface area (Å²) >= 11 is 1.20. The predicted molar refractivity (Wildman–Crippen MR) is 137 cm³/mol. The minimum Gasteiger partial charge on any atom is -0.497 e. The summed E-state index contributed by atoms with van der Waals surface area (Å²) in [5, 5.41) is 11.8. The Kier molecular flexibility index (Phi) is 7.13. The smallest absolute Gasteiger partial charge is 0.264 e. The van der Waals surface area contributed by atoms with Gasteiger partial charge in [-0.05, 0) is 61.9 Å². The van der Waals surface area contributed by atoms with E-state index in [1.165, 1.54) is 23.5 Å². The maximum atomic E-state index is 13.5. The molecular weight excluding hydrogens is 484 g/mol. The predicted octanol–water partition coefficient (Wildman–Crippen LogP) is 4.66. The lowest BCUT2D eigenvalue weighted by molar-refractivity contribution is -0.114. The van der Waals surface area contributed by atoms with Crippen molar-refractivity contribution in [2.45, 2.75) is 18.7 Å². The third-order valence-electron chi connectivity index (χ3n) is 5.25. The first kappa shape index (κ1) is 24.4. The van der Waals surface area contributed by atoms with Gasteiger partial charge in [0.15, 0.2) is 0 Å². The first-order valence-corrected chi connectivity index (χ1v) is 13.0. The summed E-state index contributed by atoms with van der Waals surface area (Å²) in [4.78, 5) is 13.1. The van der Waals surface area contributed by atoms with Crippen LogP contribution in [-0.4, -0.2) is 38.2 Å². The number of carbonyl (C=O) groups is 1. The standard InChI is InChI=1S/C25H24N4O4S2/c1-17-9-14-22(18(2)15-17)29(35(31,32)21-7-5-4-6-8-21)16-23(30)26-25-28-27-24(34-25)19-10-12-20(33-3)13-11-19/h4-15H,16H2,1-3H3,(H,26,28,30). The molecule has 0 unspecified atom stereocenters. The van der Waals surface area contributed by atoms with Crippen molar-refractivity contribution in [1.82, 2.24) is 10.2 Å². The van der Waals surface area contributed by atoms with Crippen LogP contribution in [0.5, 0.6) is 5.75 Å². The van der Waals surface area contributed by atoms with Crippen LogP contribution in [0.2, 0.25) is 0 Å². The van der Waals surface area contributed by atoms with Crippen LogP contribution in [0.15, 0.2) is 77.7 Å². The molecule has 3 aromatic carbocycles. The number of ether oxygens (including phenoxy) is 1. The highest BCUT2D eigenvalue weighted by atomic mass is 32.2. The zero-order valence-electron chi connectivity index (χ0n) is 19.4. The molecule has 4 aromatic rings. The van der Waals surface area contributed by atoms with Gasteiger partial charge in [0.25, 0.3) is 10.0 Å². The van der Waals surface area contributed by atoms with Gasteiger partial charge < -0.3 is 4.74 Å². The maximum absolute atomic E-state index is 13.5. The zero-order valence-corrected chi connectivity index (χ0v) is 21.1. The zero-order chi connectivity index (χ0) is 25.0. The molecule has 0 aliphatic heterocycles. The van der Waals surface area contributed by atoms with Gasteiger partial charge in [0.05, 0.1) is 17.7 Å². The number of nitrogens with zero attached hydrogens (tertiary/aromatic N) is 3. The third-order valence-corrected chi connectivity index (χ3v) is 7.91. The molecule has 35 heavy (non-hydrogen) atoms. The molecule has 0 saturated heterocycles. The van der Waals surface area contributed by atoms with Gasteiger partial charge in [0, 0.05) is 5.56 Å². The second-order valence-electron chi connectivity index (χ2n) is 7.80. The molecule has 1 aromatic heterocycles. The largest absolute Gasteiger partial charge is 0.497 e. The van der Waals surface area contributed by atoms with Gasteiger partial charge in [-0.2, -0.15) is 0 Å². The molecule has 1 N–H and O–H groups in total. The van der Waals surface area contributed by atoms with Crippen LogP contribution >= 0.6 is 11.3 Å². The van der Waals surface area contributed by atoms with Crippen molar-refractivity contribution in [3.05, 3.63) is 83.9 Å². The van der Waals surface area contributed by atoms with Crippen LogP contribution in [0.25, 0.3) is 10.6 Å². The fraction of sp³-hybridized carbons (Fsp3) is 0.160. The van der Waals surface area contributed by atoms with E-state index < -0.39 is 22.5 Å². The first-order valence-electron chi connectivity index (χ1n) is 10.7. The number of anilines is 2. The van der Waals surface area contributed by atoms with Gasteiger partial charge in [-0.25, -0.2) is 8.42 Å². The molecule has 0 spiro atoms. The Labute approximate surface area is 208 Å². The van der Waals surface area contributed by atoms with Crippen LogP contribution in [0, 0.1) is 13.8 Å². The molecule has 180 valence electrons. The molecule has 10 heteroatoms. The second-order valence-corrected chi connectivity index (χ2v) is 10.6. The van der Waals surface area contributed by atoms with Crippen LogP contribution in [-0.2, 0) is 14.8 Å². The average Bonchev–Trinajstić information content (AvgIpc) is 3.32. The number of benzene rings is 3. The highest BCUT2D eigenvalue weighted by molar-refractivity contribution is 7.92. The summed E-state index contributed by atoms with van der Waals surface area (Å²) in [5.41, 5.74) is 3.00. The quantitative estimate of drug-likeness (QED) is 0.371. The topological polar surface area (TPSA) is 101 Å². The molecular formula is C25H24N4O4S2. The van der Waals surface area contributed by atoms with Crippen molar-refractivity contribution in [2.24, 2.45) is 0 Å². The van der Waals surface area contributed by atoms with Crippen molar-refractivity contribution >= 4 is 38.1 Å². The van der Waals surface area contributed by atoms with E-state index in [9.17, 15) is 13.2 Å². The molecule has 1 heterocycles. The molecule has 8 nitrogen and oxygen atoms in total. The van der Waals surface area contributed by atoms with Crippen molar-refractivity contribution in [2.75, 3.05) is 23.3 Å². The van der Waals surface area contributed by atoms with Crippen LogP contribution in [0.1, 0.15) is 11.1 Å². The number of hydrogen-bond donors (Lipinski definition) is 1. The van der Waals surface area contributed by atoms with E-state index in [1.807, 2.05) is 50.2 Å². The Morgan fingerprint density at radius 1 is 1.00 bits per heavy atom. The second kappa shape index (κ2) is 10.2. The number of carbonyl (C=O) groups excluding carboxylic acids is 1. The number of hydrogen-bond acceptors (Lipinski definition) is 7. The Balaban J connectivity index is 1.59. The lowest BCUT2D eigenvalue weighted by atomic mass is 10.1. The monoisotopic (exact) mass is 508 g/mol. The number of amides is 1. The Morgan fingerprint density at radius 2 is 1.71 bits per heavy atom. The van der Waals surface area contributed by atoms with Crippen LogP contribution in [0.4, 0.5) is 10.8 Å². The van der Waals surface area contributed by atoms with E-state index in [4.69, 9.17) is 4.74 Å². The SMILES string of the molecule is COc1ccc(-c2nnc(NC(=O)CN(c3ccc(C)cc3C)S(=O)(=O)c3ccccc3)s2)cc1. The van der Waals surface area contributed by atoms with E-state index >= 15 is 0 Å². The lowest BCUT2D eigenvalue weighted by Gasteiger charge is -2.25. The molecule has 0 bridgehead atoms. The minimum absolute atomic E-state index is 0.102. The van der Waals surface area contributed by atoms with E-state index in [0.717, 1.165) is 26.7 Å². The summed E-state index contributed by atoms with van der Waals surface area (Å²) in [6.07, 6.45) is 0. The molecule has 4 rings (SSSR count). The molecule has 0 aliphatic carbocycles. The number of rotatable bonds is 8. The maximum Gasteiger partial charge on any atom is 0.264 e. The van der Waals surface area contributed by atoms with Gasteiger partial charge in [-0.3, -0.25) is 14.4 Å². The molecule has 0 fully saturated rings. The van der Waals surface area contributed by atoms with E-state index in [2.05, 4.69) is 15.5 Å². The third kappa shape index (κ3) is 5.50. The lowest BCUT2D eigenvalue weighted by Crippen LogP contribution is -2.38. The summed E-state index contributed by atoms with van der Waals surface area (Å²) < 4.78 is 33.3. The van der Waals surface area contributed by atoms with Gasteiger partial charge in [-0.1, -0.05) is 47.2 Å². The Morgan fingerprint density at radius 3 is 2.37 bits per heavy atom. The van der Waals surface area contributed by atoms with Crippen molar-refractivity contribution < 1.29 is 17.9 Å². The molecule has 0 aliphatic rings. The highest BCUT2D eigenvalue weighted by Crippen LogP contribution is 2.29. The van der Waals surface area contributed by atoms with Gasteiger partial charge in [0.2, 0.25) is 11.0 Å². The Hall–Kier alpha value is -3.76. The van der Waals surface area contributed by atoms with Crippen molar-refractivity contribution in [3.8, 4) is 16.3 Å². The number of aromatic nitrogens is 2. The number of sulfonamides is 1. The molecule has 0 atom stereocenters. The average molecular weight is 509 g/mol. The minimum atomic E-state index is -3.99. The van der Waals surface area contributed by atoms with Crippen LogP contribution in [0.3, 0.4) is 0 Å². The van der Waals surface area contributed by atoms with E-state index in [1.54, 1.807) is 31.4 Å². The normalized spacial score (nSPS) is 11.2. The number of aryl methyl sites for hydroxylation is 2. The highest BCUT2D eigenvalue weighted by Gasteiger charge is 2.28. The summed E-state index contributed by atoms with van der Waals surface area (Å²) in [6, 6.07) is 20.8. The molecule has 0 radical (unpaired) electrons. The first-order chi connectivity index (χ1) is 16.8.